The molecular weight excluding hydrogens is 272 g/mol. The van der Waals surface area contributed by atoms with Gasteiger partial charge in [-0.1, -0.05) is 37.6 Å². The van der Waals surface area contributed by atoms with Crippen molar-refractivity contribution in [3.05, 3.63) is 35.4 Å². The molecule has 2 atom stereocenters. The molecule has 0 radical (unpaired) electrons. The van der Waals surface area contributed by atoms with Crippen molar-refractivity contribution >= 4 is 12.2 Å². The Bertz CT molecular complexity index is 490. The van der Waals surface area contributed by atoms with Crippen molar-refractivity contribution in [1.29, 1.82) is 0 Å². The third kappa shape index (κ3) is 5.33. The summed E-state index contributed by atoms with van der Waals surface area (Å²) in [4.78, 5) is 22.3. The Morgan fingerprint density at radius 3 is 2.29 bits per heavy atom. The van der Waals surface area contributed by atoms with Gasteiger partial charge >= 0.3 is 12.2 Å². The fraction of sp³-hybridized carbons (Fsp3) is 0.467. The molecule has 0 aliphatic carbocycles. The third-order valence-electron chi connectivity index (χ3n) is 3.19. The molecule has 0 aromatic heterocycles. The van der Waals surface area contributed by atoms with E-state index in [1.165, 1.54) is 0 Å². The quantitative estimate of drug-likeness (QED) is 0.806. The van der Waals surface area contributed by atoms with Crippen molar-refractivity contribution in [3.63, 3.8) is 0 Å². The van der Waals surface area contributed by atoms with E-state index in [1.807, 2.05) is 38.1 Å². The molecule has 4 N–H and O–H groups in total. The molecule has 0 saturated heterocycles. The second kappa shape index (κ2) is 8.14. The minimum absolute atomic E-state index is 0.533. The lowest BCUT2D eigenvalue weighted by Crippen LogP contribution is -2.33. The van der Waals surface area contributed by atoms with Crippen molar-refractivity contribution in [1.82, 2.24) is 0 Å². The maximum absolute atomic E-state index is 11.2. The minimum atomic E-state index is -0.919. The number of benzene rings is 1. The molecule has 6 heteroatoms. The number of nitrogens with two attached hydrogens (primary N) is 2. The van der Waals surface area contributed by atoms with Gasteiger partial charge < -0.3 is 20.9 Å². The molecule has 0 aliphatic rings. The zero-order chi connectivity index (χ0) is 15.8. The van der Waals surface area contributed by atoms with Crippen LogP contribution in [0.1, 0.15) is 43.4 Å². The monoisotopic (exact) mass is 294 g/mol. The Morgan fingerprint density at radius 2 is 1.76 bits per heavy atom. The van der Waals surface area contributed by atoms with E-state index in [-0.39, 0.29) is 0 Å². The summed E-state index contributed by atoms with van der Waals surface area (Å²) in [5, 5.41) is 0. The van der Waals surface area contributed by atoms with Crippen LogP contribution in [0.3, 0.4) is 0 Å². The zero-order valence-corrected chi connectivity index (χ0v) is 12.4. The molecule has 0 saturated carbocycles. The summed E-state index contributed by atoms with van der Waals surface area (Å²) in [6, 6.07) is 7.39. The molecule has 0 fully saturated rings. The number of hydrogen-bond acceptors (Lipinski definition) is 4. The van der Waals surface area contributed by atoms with E-state index >= 15 is 0 Å². The summed E-state index contributed by atoms with van der Waals surface area (Å²) in [6.45, 7) is 3.90. The maximum Gasteiger partial charge on any atom is 0.405 e. The van der Waals surface area contributed by atoms with Gasteiger partial charge in [0.25, 0.3) is 0 Å². The van der Waals surface area contributed by atoms with Crippen LogP contribution in [0.4, 0.5) is 9.59 Å². The van der Waals surface area contributed by atoms with Crippen LogP contribution in [-0.2, 0) is 9.47 Å². The summed E-state index contributed by atoms with van der Waals surface area (Å²) in [5.41, 5.74) is 11.9. The van der Waals surface area contributed by atoms with Gasteiger partial charge in [-0.3, -0.25) is 0 Å². The maximum atomic E-state index is 11.2. The topological polar surface area (TPSA) is 105 Å². The van der Waals surface area contributed by atoms with Crippen LogP contribution in [-0.4, -0.2) is 18.3 Å². The lowest BCUT2D eigenvalue weighted by atomic mass is 9.96. The summed E-state index contributed by atoms with van der Waals surface area (Å²) in [7, 11) is 0. The second-order valence-corrected chi connectivity index (χ2v) is 4.83. The first-order valence-electron chi connectivity index (χ1n) is 6.93. The number of amides is 2. The average molecular weight is 294 g/mol. The van der Waals surface area contributed by atoms with Crippen molar-refractivity contribution in [2.45, 2.75) is 45.3 Å². The number of rotatable bonds is 7. The molecule has 1 aromatic carbocycles. The molecule has 0 heterocycles. The van der Waals surface area contributed by atoms with Gasteiger partial charge in [0.2, 0.25) is 0 Å². The predicted octanol–water partition coefficient (Wildman–Crippen LogP) is 2.79. The van der Waals surface area contributed by atoms with Gasteiger partial charge in [0.05, 0.1) is 0 Å². The molecule has 1 rings (SSSR count). The van der Waals surface area contributed by atoms with Gasteiger partial charge in [-0.25, -0.2) is 9.59 Å². The molecule has 0 aliphatic heterocycles. The molecule has 2 unspecified atom stereocenters. The van der Waals surface area contributed by atoms with Gasteiger partial charge in [0.15, 0.2) is 6.10 Å². The minimum Gasteiger partial charge on any atom is -0.442 e. The van der Waals surface area contributed by atoms with E-state index in [2.05, 4.69) is 0 Å². The number of ether oxygens (including phenoxy) is 2. The number of hydrogen-bond donors (Lipinski definition) is 2. The molecule has 0 bridgehead atoms. The number of aryl methyl sites for hydroxylation is 1. The number of primary amides is 2. The fourth-order valence-corrected chi connectivity index (χ4v) is 2.20. The molecule has 116 valence electrons. The van der Waals surface area contributed by atoms with Crippen LogP contribution >= 0.6 is 0 Å². The number of carbonyl (C=O) groups is 2. The largest absolute Gasteiger partial charge is 0.442 e. The Hall–Kier alpha value is -2.24. The van der Waals surface area contributed by atoms with Crippen LogP contribution < -0.4 is 11.5 Å². The standard InChI is InChI=1S/C15H22N2O4/c1-3-4-9-12(20-14(16)18)13(21-15(17)19)11-8-6-5-7-10(11)2/h5-8,12-13H,3-4,9H2,1-2H3,(H2,16,18)(H2,17,19). The van der Waals surface area contributed by atoms with Crippen molar-refractivity contribution in [3.8, 4) is 0 Å². The van der Waals surface area contributed by atoms with E-state index in [9.17, 15) is 9.59 Å². The molecule has 21 heavy (non-hydrogen) atoms. The van der Waals surface area contributed by atoms with Crippen LogP contribution in [0.15, 0.2) is 24.3 Å². The first-order chi connectivity index (χ1) is 9.95. The van der Waals surface area contributed by atoms with Crippen LogP contribution in [0.25, 0.3) is 0 Å². The van der Waals surface area contributed by atoms with Crippen LogP contribution in [0, 0.1) is 6.92 Å². The highest BCUT2D eigenvalue weighted by atomic mass is 16.6. The van der Waals surface area contributed by atoms with Gasteiger partial charge in [-0.15, -0.1) is 0 Å². The van der Waals surface area contributed by atoms with Crippen LogP contribution in [0.2, 0.25) is 0 Å². The second-order valence-electron chi connectivity index (χ2n) is 4.83. The van der Waals surface area contributed by atoms with Gasteiger partial charge in [-0.05, 0) is 30.9 Å². The smallest absolute Gasteiger partial charge is 0.405 e. The molecule has 2 amide bonds. The highest BCUT2D eigenvalue weighted by molar-refractivity contribution is 5.66. The molecule has 0 spiro atoms. The fourth-order valence-electron chi connectivity index (χ4n) is 2.20. The number of carbonyl (C=O) groups excluding carboxylic acids is 2. The highest BCUT2D eigenvalue weighted by Gasteiger charge is 2.30. The highest BCUT2D eigenvalue weighted by Crippen LogP contribution is 2.29. The van der Waals surface area contributed by atoms with E-state index in [0.717, 1.165) is 24.0 Å². The van der Waals surface area contributed by atoms with E-state index in [0.29, 0.717) is 6.42 Å². The molecule has 1 aromatic rings. The third-order valence-corrected chi connectivity index (χ3v) is 3.19. The summed E-state index contributed by atoms with van der Waals surface area (Å²) in [5.74, 6) is 0. The zero-order valence-electron chi connectivity index (χ0n) is 12.4. The van der Waals surface area contributed by atoms with E-state index < -0.39 is 24.4 Å². The summed E-state index contributed by atoms with van der Waals surface area (Å²) in [6.07, 6.45) is -0.983. The Kier molecular flexibility index (Phi) is 6.52. The Balaban J connectivity index is 3.09. The SMILES string of the molecule is CCCCC(OC(N)=O)C(OC(N)=O)c1ccccc1C. The van der Waals surface area contributed by atoms with Gasteiger partial charge in [0.1, 0.15) is 6.10 Å². The first kappa shape index (κ1) is 16.8. The predicted molar refractivity (Wildman–Crippen MR) is 78.6 cm³/mol. The van der Waals surface area contributed by atoms with Crippen molar-refractivity contribution in [2.24, 2.45) is 11.5 Å². The van der Waals surface area contributed by atoms with Gasteiger partial charge in [0, 0.05) is 0 Å². The normalized spacial score (nSPS) is 13.2. The van der Waals surface area contributed by atoms with E-state index in [4.69, 9.17) is 20.9 Å². The lowest BCUT2D eigenvalue weighted by molar-refractivity contribution is -0.00994. The summed E-state index contributed by atoms with van der Waals surface area (Å²) < 4.78 is 10.3. The Morgan fingerprint density at radius 1 is 1.14 bits per heavy atom. The number of unbranched alkanes of at least 4 members (excludes halogenated alkanes) is 1. The molecular formula is C15H22N2O4. The van der Waals surface area contributed by atoms with E-state index in [1.54, 1.807) is 0 Å². The first-order valence-corrected chi connectivity index (χ1v) is 6.93. The average Bonchev–Trinajstić information content (AvgIpc) is 2.41. The lowest BCUT2D eigenvalue weighted by Gasteiger charge is -2.27. The van der Waals surface area contributed by atoms with Crippen molar-refractivity contribution in [2.75, 3.05) is 0 Å². The van der Waals surface area contributed by atoms with Crippen LogP contribution in [0.5, 0.6) is 0 Å². The van der Waals surface area contributed by atoms with Gasteiger partial charge in [-0.2, -0.15) is 0 Å². The van der Waals surface area contributed by atoms with Crippen molar-refractivity contribution < 1.29 is 19.1 Å². The Labute approximate surface area is 124 Å². The summed E-state index contributed by atoms with van der Waals surface area (Å²) >= 11 is 0. The molecule has 6 nitrogen and oxygen atoms in total.